The van der Waals surface area contributed by atoms with Crippen LogP contribution in [0.2, 0.25) is 0 Å². The molecule has 2 rings (SSSR count). The minimum absolute atomic E-state index is 0.182. The van der Waals surface area contributed by atoms with Gasteiger partial charge in [-0.05, 0) is 24.5 Å². The average Bonchev–Trinajstić information content (AvgIpc) is 2.66. The molecule has 0 spiro atoms. The van der Waals surface area contributed by atoms with Crippen molar-refractivity contribution in [2.75, 3.05) is 6.54 Å². The monoisotopic (exact) mass is 249 g/mol. The van der Waals surface area contributed by atoms with Gasteiger partial charge in [0.2, 0.25) is 0 Å². The normalized spacial score (nSPS) is 13.4. The molecule has 1 atom stereocenters. The van der Waals surface area contributed by atoms with Gasteiger partial charge in [0.25, 0.3) is 0 Å². The van der Waals surface area contributed by atoms with Gasteiger partial charge in [-0.3, -0.25) is 0 Å². The number of hydrogen-bond acceptors (Lipinski definition) is 2. The zero-order chi connectivity index (χ0) is 13.3. The number of aromatic nitrogens is 2. The molecule has 0 radical (unpaired) electrons. The number of imidazole rings is 1. The molecule has 1 aromatic carbocycles. The maximum absolute atomic E-state index is 13.7. The molecule has 0 fully saturated rings. The Hall–Kier alpha value is -1.42. The summed E-state index contributed by atoms with van der Waals surface area (Å²) in [6, 6.07) is 5.04. The smallest absolute Gasteiger partial charge is 0.151 e. The van der Waals surface area contributed by atoms with Crippen LogP contribution in [-0.4, -0.2) is 16.1 Å². The van der Waals surface area contributed by atoms with E-state index in [1.165, 1.54) is 6.07 Å². The second-order valence-electron chi connectivity index (χ2n) is 5.20. The highest BCUT2D eigenvalue weighted by molar-refractivity contribution is 5.76. The highest BCUT2D eigenvalue weighted by atomic mass is 19.1. The minimum Gasteiger partial charge on any atom is -0.331 e. The summed E-state index contributed by atoms with van der Waals surface area (Å²) in [5.41, 5.74) is 7.10. The molecule has 1 aromatic heterocycles. The van der Waals surface area contributed by atoms with E-state index in [1.54, 1.807) is 6.07 Å². The SMILES string of the molecule is CC(C)CC(CN)c1nc2c(F)cccc2n1C. The van der Waals surface area contributed by atoms with Gasteiger partial charge >= 0.3 is 0 Å². The molecule has 3 nitrogen and oxygen atoms in total. The van der Waals surface area contributed by atoms with Crippen LogP contribution in [0.25, 0.3) is 11.0 Å². The summed E-state index contributed by atoms with van der Waals surface area (Å²) in [4.78, 5) is 4.44. The van der Waals surface area contributed by atoms with Crippen molar-refractivity contribution in [3.05, 3.63) is 29.8 Å². The third-order valence-corrected chi connectivity index (χ3v) is 3.30. The van der Waals surface area contributed by atoms with Crippen molar-refractivity contribution in [2.45, 2.75) is 26.2 Å². The summed E-state index contributed by atoms with van der Waals surface area (Å²) in [6.45, 7) is 4.86. The van der Waals surface area contributed by atoms with Crippen LogP contribution < -0.4 is 5.73 Å². The zero-order valence-corrected chi connectivity index (χ0v) is 11.2. The predicted octanol–water partition coefficient (Wildman–Crippen LogP) is 2.80. The van der Waals surface area contributed by atoms with Crippen molar-refractivity contribution >= 4 is 11.0 Å². The second-order valence-corrected chi connectivity index (χ2v) is 5.20. The van der Waals surface area contributed by atoms with Crippen LogP contribution in [0.3, 0.4) is 0 Å². The number of fused-ring (bicyclic) bond motifs is 1. The minimum atomic E-state index is -0.269. The zero-order valence-electron chi connectivity index (χ0n) is 11.2. The molecule has 0 saturated heterocycles. The third kappa shape index (κ3) is 2.25. The van der Waals surface area contributed by atoms with E-state index >= 15 is 0 Å². The van der Waals surface area contributed by atoms with E-state index in [1.807, 2.05) is 17.7 Å². The van der Waals surface area contributed by atoms with E-state index < -0.39 is 0 Å². The molecule has 4 heteroatoms. The lowest BCUT2D eigenvalue weighted by molar-refractivity contribution is 0.480. The Kier molecular flexibility index (Phi) is 3.66. The van der Waals surface area contributed by atoms with Crippen LogP contribution in [0, 0.1) is 11.7 Å². The number of aryl methyl sites for hydroxylation is 1. The van der Waals surface area contributed by atoms with Crippen molar-refractivity contribution in [3.8, 4) is 0 Å². The van der Waals surface area contributed by atoms with Crippen LogP contribution in [-0.2, 0) is 7.05 Å². The van der Waals surface area contributed by atoms with Crippen molar-refractivity contribution in [2.24, 2.45) is 18.7 Å². The van der Waals surface area contributed by atoms with E-state index in [4.69, 9.17) is 5.73 Å². The molecule has 0 bridgehead atoms. The van der Waals surface area contributed by atoms with E-state index in [9.17, 15) is 4.39 Å². The van der Waals surface area contributed by atoms with E-state index in [0.29, 0.717) is 18.0 Å². The van der Waals surface area contributed by atoms with Crippen LogP contribution in [0.15, 0.2) is 18.2 Å². The first-order chi connectivity index (χ1) is 8.54. The van der Waals surface area contributed by atoms with Crippen LogP contribution in [0.5, 0.6) is 0 Å². The molecule has 1 unspecified atom stereocenters. The van der Waals surface area contributed by atoms with Gasteiger partial charge < -0.3 is 10.3 Å². The highest BCUT2D eigenvalue weighted by Gasteiger charge is 2.19. The summed E-state index contributed by atoms with van der Waals surface area (Å²) >= 11 is 0. The Labute approximate surface area is 107 Å². The lowest BCUT2D eigenvalue weighted by Gasteiger charge is -2.16. The van der Waals surface area contributed by atoms with Crippen LogP contribution >= 0.6 is 0 Å². The maximum Gasteiger partial charge on any atom is 0.151 e. The summed E-state index contributed by atoms with van der Waals surface area (Å²) in [5, 5.41) is 0. The number of para-hydroxylation sites is 1. The molecular formula is C14H20FN3. The molecule has 2 aromatic rings. The Morgan fingerprint density at radius 3 is 2.67 bits per heavy atom. The lowest BCUT2D eigenvalue weighted by Crippen LogP contribution is -2.18. The molecule has 2 N–H and O–H groups in total. The lowest BCUT2D eigenvalue weighted by atomic mass is 9.96. The van der Waals surface area contributed by atoms with E-state index in [0.717, 1.165) is 17.8 Å². The number of halogens is 1. The fourth-order valence-corrected chi connectivity index (χ4v) is 2.44. The van der Waals surface area contributed by atoms with Gasteiger partial charge in [0.15, 0.2) is 5.82 Å². The first-order valence-electron chi connectivity index (χ1n) is 6.35. The van der Waals surface area contributed by atoms with Gasteiger partial charge in [-0.25, -0.2) is 9.37 Å². The number of nitrogens with zero attached hydrogens (tertiary/aromatic N) is 2. The van der Waals surface area contributed by atoms with Crippen molar-refractivity contribution in [3.63, 3.8) is 0 Å². The van der Waals surface area contributed by atoms with Crippen molar-refractivity contribution in [1.29, 1.82) is 0 Å². The Bertz CT molecular complexity index is 545. The summed E-state index contributed by atoms with van der Waals surface area (Å²) in [5.74, 6) is 1.34. The van der Waals surface area contributed by atoms with E-state index in [-0.39, 0.29) is 11.7 Å². The topological polar surface area (TPSA) is 43.8 Å². The number of benzene rings is 1. The Morgan fingerprint density at radius 1 is 1.39 bits per heavy atom. The molecule has 18 heavy (non-hydrogen) atoms. The number of rotatable bonds is 4. The van der Waals surface area contributed by atoms with Gasteiger partial charge in [0, 0.05) is 19.5 Å². The van der Waals surface area contributed by atoms with Gasteiger partial charge in [-0.15, -0.1) is 0 Å². The first kappa shape index (κ1) is 13.0. The van der Waals surface area contributed by atoms with Gasteiger partial charge in [-0.2, -0.15) is 0 Å². The van der Waals surface area contributed by atoms with Gasteiger partial charge in [0.1, 0.15) is 11.3 Å². The molecule has 0 aliphatic carbocycles. The van der Waals surface area contributed by atoms with Gasteiger partial charge in [0.05, 0.1) is 5.52 Å². The standard InChI is InChI=1S/C14H20FN3/c1-9(2)7-10(8-16)14-17-13-11(15)5-4-6-12(13)18(14)3/h4-6,9-10H,7-8,16H2,1-3H3. The summed E-state index contributed by atoms with van der Waals surface area (Å²) < 4.78 is 15.7. The van der Waals surface area contributed by atoms with Gasteiger partial charge in [-0.1, -0.05) is 19.9 Å². The third-order valence-electron chi connectivity index (χ3n) is 3.30. The van der Waals surface area contributed by atoms with Crippen LogP contribution in [0.1, 0.15) is 32.0 Å². The maximum atomic E-state index is 13.7. The number of hydrogen-bond donors (Lipinski definition) is 1. The fraction of sp³-hybridized carbons (Fsp3) is 0.500. The van der Waals surface area contributed by atoms with E-state index in [2.05, 4.69) is 18.8 Å². The molecular weight excluding hydrogens is 229 g/mol. The van der Waals surface area contributed by atoms with Crippen LogP contribution in [0.4, 0.5) is 4.39 Å². The van der Waals surface area contributed by atoms with Crippen molar-refractivity contribution in [1.82, 2.24) is 9.55 Å². The molecule has 98 valence electrons. The summed E-state index contributed by atoms with van der Waals surface area (Å²) in [7, 11) is 1.92. The molecule has 0 aliphatic rings. The predicted molar refractivity (Wildman–Crippen MR) is 71.9 cm³/mol. The molecule has 0 saturated carbocycles. The largest absolute Gasteiger partial charge is 0.331 e. The highest BCUT2D eigenvalue weighted by Crippen LogP contribution is 2.26. The Morgan fingerprint density at radius 2 is 2.11 bits per heavy atom. The fourth-order valence-electron chi connectivity index (χ4n) is 2.44. The quantitative estimate of drug-likeness (QED) is 0.905. The molecule has 0 aliphatic heterocycles. The average molecular weight is 249 g/mol. The Balaban J connectivity index is 2.50. The second kappa shape index (κ2) is 5.06. The molecule has 1 heterocycles. The first-order valence-corrected chi connectivity index (χ1v) is 6.35. The van der Waals surface area contributed by atoms with Crippen molar-refractivity contribution < 1.29 is 4.39 Å². The number of nitrogens with two attached hydrogens (primary N) is 1. The summed E-state index contributed by atoms with van der Waals surface area (Å²) in [6.07, 6.45) is 0.968. The molecule has 0 amide bonds.